The number of nitrogens with two attached hydrogens (primary N) is 1. The topological polar surface area (TPSA) is 56.2 Å². The van der Waals surface area contributed by atoms with Crippen molar-refractivity contribution in [1.82, 2.24) is 0 Å². The first-order chi connectivity index (χ1) is 11.7. The van der Waals surface area contributed by atoms with Crippen LogP contribution in [0.25, 0.3) is 43.3 Å². The molecular weight excluding hydrogens is 298 g/mol. The van der Waals surface area contributed by atoms with Crippen LogP contribution in [-0.2, 0) is 0 Å². The van der Waals surface area contributed by atoms with Gasteiger partial charge in [-0.1, -0.05) is 42.5 Å². The Morgan fingerprint density at radius 2 is 1.62 bits per heavy atom. The van der Waals surface area contributed by atoms with Crippen LogP contribution >= 0.6 is 0 Å². The molecule has 5 aromatic rings. The minimum absolute atomic E-state index is 0.448. The van der Waals surface area contributed by atoms with Gasteiger partial charge in [0.15, 0.2) is 0 Å². The number of amides is 1. The molecule has 0 spiro atoms. The van der Waals surface area contributed by atoms with Crippen LogP contribution in [0.2, 0.25) is 0 Å². The molecule has 0 aliphatic carbocycles. The van der Waals surface area contributed by atoms with E-state index < -0.39 is 5.91 Å². The normalized spacial score (nSPS) is 11.7. The second-order valence-corrected chi connectivity index (χ2v) is 5.99. The van der Waals surface area contributed by atoms with Crippen molar-refractivity contribution >= 4 is 49.2 Å². The van der Waals surface area contributed by atoms with Crippen LogP contribution in [0.5, 0.6) is 0 Å². The van der Waals surface area contributed by atoms with Crippen LogP contribution < -0.4 is 5.73 Å². The molecular formula is C21H13NO2. The molecule has 0 unspecified atom stereocenters. The number of primary amides is 1. The van der Waals surface area contributed by atoms with E-state index in [2.05, 4.69) is 30.3 Å². The summed E-state index contributed by atoms with van der Waals surface area (Å²) in [7, 11) is 0. The minimum atomic E-state index is -0.448. The van der Waals surface area contributed by atoms with E-state index in [1.807, 2.05) is 24.3 Å². The van der Waals surface area contributed by atoms with Gasteiger partial charge in [-0.05, 0) is 45.1 Å². The van der Waals surface area contributed by atoms with Gasteiger partial charge in [0.25, 0.3) is 0 Å². The zero-order valence-corrected chi connectivity index (χ0v) is 12.7. The van der Waals surface area contributed by atoms with Gasteiger partial charge in [-0.3, -0.25) is 4.79 Å². The zero-order chi connectivity index (χ0) is 16.3. The number of hydrogen-bond donors (Lipinski definition) is 1. The molecule has 3 nitrogen and oxygen atoms in total. The number of rotatable bonds is 1. The summed E-state index contributed by atoms with van der Waals surface area (Å²) in [6, 6.07) is 20.2. The number of fused-ring (bicyclic) bond motifs is 7. The molecule has 0 aliphatic rings. The predicted octanol–water partition coefficient (Wildman–Crippen LogP) is 4.99. The monoisotopic (exact) mass is 311 g/mol. The summed E-state index contributed by atoms with van der Waals surface area (Å²) in [6.07, 6.45) is 1.51. The van der Waals surface area contributed by atoms with E-state index in [1.165, 1.54) is 22.4 Å². The van der Waals surface area contributed by atoms with Gasteiger partial charge in [0.2, 0.25) is 5.91 Å². The lowest BCUT2D eigenvalue weighted by atomic mass is 9.98. The maximum atomic E-state index is 11.9. The van der Waals surface area contributed by atoms with Crippen molar-refractivity contribution in [2.75, 3.05) is 0 Å². The molecule has 0 fully saturated rings. The average Bonchev–Trinajstić information content (AvgIpc) is 2.99. The van der Waals surface area contributed by atoms with Crippen molar-refractivity contribution in [1.29, 1.82) is 0 Å². The van der Waals surface area contributed by atoms with E-state index in [1.54, 1.807) is 6.07 Å². The molecule has 4 aromatic carbocycles. The van der Waals surface area contributed by atoms with Crippen LogP contribution in [-0.4, -0.2) is 5.91 Å². The molecule has 24 heavy (non-hydrogen) atoms. The molecule has 0 atom stereocenters. The number of carbonyl (C=O) groups is 1. The van der Waals surface area contributed by atoms with Gasteiger partial charge in [0.1, 0.15) is 5.58 Å². The highest BCUT2D eigenvalue weighted by Crippen LogP contribution is 2.38. The van der Waals surface area contributed by atoms with Gasteiger partial charge in [-0.2, -0.15) is 0 Å². The van der Waals surface area contributed by atoms with Gasteiger partial charge >= 0.3 is 0 Å². The van der Waals surface area contributed by atoms with Crippen LogP contribution in [0.4, 0.5) is 0 Å². The molecule has 5 rings (SSSR count). The minimum Gasteiger partial charge on any atom is -0.464 e. The van der Waals surface area contributed by atoms with E-state index in [0.29, 0.717) is 11.1 Å². The highest BCUT2D eigenvalue weighted by atomic mass is 16.3. The van der Waals surface area contributed by atoms with Gasteiger partial charge in [0.05, 0.1) is 11.8 Å². The van der Waals surface area contributed by atoms with Crippen molar-refractivity contribution in [2.45, 2.75) is 0 Å². The quantitative estimate of drug-likeness (QED) is 0.443. The Balaban J connectivity index is 2.13. The standard InChI is InChI=1S/C21H13NO2/c22-21(23)16-9-10-24-18-8-6-12-5-7-15-14-4-2-1-3-13(14)11-17(15)19(12)20(16)18/h1-11H,(H2,22,23). The first-order valence-corrected chi connectivity index (χ1v) is 7.78. The summed E-state index contributed by atoms with van der Waals surface area (Å²) in [5, 5.41) is 7.54. The fourth-order valence-electron chi connectivity index (χ4n) is 3.66. The lowest BCUT2D eigenvalue weighted by Crippen LogP contribution is -2.11. The number of benzene rings is 3. The molecule has 0 bridgehead atoms. The Kier molecular flexibility index (Phi) is 2.51. The van der Waals surface area contributed by atoms with Gasteiger partial charge in [-0.15, -0.1) is 0 Å². The molecule has 1 amide bonds. The molecule has 0 saturated carbocycles. The van der Waals surface area contributed by atoms with Crippen LogP contribution in [0.15, 0.2) is 71.3 Å². The van der Waals surface area contributed by atoms with E-state index in [4.69, 9.17) is 10.2 Å². The van der Waals surface area contributed by atoms with Crippen LogP contribution in [0.1, 0.15) is 10.4 Å². The van der Waals surface area contributed by atoms with E-state index in [0.717, 1.165) is 21.5 Å². The second kappa shape index (κ2) is 4.59. The molecule has 1 aromatic heterocycles. The second-order valence-electron chi connectivity index (χ2n) is 5.99. The van der Waals surface area contributed by atoms with Crippen molar-refractivity contribution < 1.29 is 9.21 Å². The van der Waals surface area contributed by atoms with Gasteiger partial charge in [0, 0.05) is 10.8 Å². The summed E-state index contributed by atoms with van der Waals surface area (Å²) in [4.78, 5) is 11.9. The Labute approximate surface area is 137 Å². The first-order valence-electron chi connectivity index (χ1n) is 7.78. The zero-order valence-electron chi connectivity index (χ0n) is 12.7. The molecule has 114 valence electrons. The first kappa shape index (κ1) is 13.1. The fourth-order valence-corrected chi connectivity index (χ4v) is 3.66. The summed E-state index contributed by atoms with van der Waals surface area (Å²) in [6.45, 7) is 0. The average molecular weight is 311 g/mol. The third-order valence-electron chi connectivity index (χ3n) is 4.70. The lowest BCUT2D eigenvalue weighted by Gasteiger charge is -2.08. The predicted molar refractivity (Wildman–Crippen MR) is 97.2 cm³/mol. The highest BCUT2D eigenvalue weighted by Gasteiger charge is 2.15. The number of carbonyl (C=O) groups excluding carboxylic acids is 1. The maximum absolute atomic E-state index is 11.9. The molecule has 1 heterocycles. The van der Waals surface area contributed by atoms with E-state index in [9.17, 15) is 4.79 Å². The van der Waals surface area contributed by atoms with Crippen LogP contribution in [0, 0.1) is 0 Å². The van der Waals surface area contributed by atoms with Crippen LogP contribution in [0.3, 0.4) is 0 Å². The van der Waals surface area contributed by atoms with Crippen molar-refractivity contribution in [3.05, 3.63) is 72.5 Å². The molecule has 3 heteroatoms. The highest BCUT2D eigenvalue weighted by molar-refractivity contribution is 6.29. The Morgan fingerprint density at radius 1 is 0.792 bits per heavy atom. The van der Waals surface area contributed by atoms with Crippen molar-refractivity contribution in [3.63, 3.8) is 0 Å². The summed E-state index contributed by atoms with van der Waals surface area (Å²) in [5.74, 6) is -0.448. The fraction of sp³-hybridized carbons (Fsp3) is 0. The van der Waals surface area contributed by atoms with Crippen molar-refractivity contribution in [2.24, 2.45) is 5.73 Å². The molecule has 0 saturated heterocycles. The summed E-state index contributed by atoms with van der Waals surface area (Å²) in [5.41, 5.74) is 6.76. The maximum Gasteiger partial charge on any atom is 0.249 e. The summed E-state index contributed by atoms with van der Waals surface area (Å²) < 4.78 is 5.63. The van der Waals surface area contributed by atoms with E-state index in [-0.39, 0.29) is 0 Å². The Hall–Kier alpha value is -3.33. The SMILES string of the molecule is NC(=O)c1ccoc2ccc3ccc4c5ccccc5cc4c3c12. The summed E-state index contributed by atoms with van der Waals surface area (Å²) >= 11 is 0. The molecule has 0 aliphatic heterocycles. The molecule has 0 radical (unpaired) electrons. The largest absolute Gasteiger partial charge is 0.464 e. The van der Waals surface area contributed by atoms with Gasteiger partial charge in [-0.25, -0.2) is 0 Å². The number of hydrogen-bond acceptors (Lipinski definition) is 2. The Bertz CT molecular complexity index is 1280. The third kappa shape index (κ3) is 1.64. The third-order valence-corrected chi connectivity index (χ3v) is 4.70. The van der Waals surface area contributed by atoms with Crippen molar-refractivity contribution in [3.8, 4) is 0 Å². The smallest absolute Gasteiger partial charge is 0.249 e. The lowest BCUT2D eigenvalue weighted by molar-refractivity contribution is 0.100. The molecule has 2 N–H and O–H groups in total. The Morgan fingerprint density at radius 3 is 2.50 bits per heavy atom. The van der Waals surface area contributed by atoms with E-state index >= 15 is 0 Å². The van der Waals surface area contributed by atoms with Gasteiger partial charge < -0.3 is 10.2 Å².